The van der Waals surface area contributed by atoms with Crippen LogP contribution in [-0.4, -0.2) is 11.2 Å². The fourth-order valence-electron chi connectivity index (χ4n) is 2.09. The second kappa shape index (κ2) is 6.68. The Hall–Kier alpha value is -1.94. The third-order valence-electron chi connectivity index (χ3n) is 3.34. The second-order valence-electron chi connectivity index (χ2n) is 4.99. The first-order chi connectivity index (χ1) is 10.00. The van der Waals surface area contributed by atoms with Crippen LogP contribution in [0, 0.1) is 0 Å². The van der Waals surface area contributed by atoms with E-state index >= 15 is 0 Å². The zero-order chi connectivity index (χ0) is 15.3. The van der Waals surface area contributed by atoms with Crippen molar-refractivity contribution in [2.24, 2.45) is 0 Å². The topological polar surface area (TPSA) is 33.4 Å². The molecule has 0 aliphatic heterocycles. The Morgan fingerprint density at radius 2 is 1.95 bits per heavy atom. The van der Waals surface area contributed by atoms with E-state index in [0.29, 0.717) is 12.8 Å². The fourth-order valence-corrected chi connectivity index (χ4v) is 2.09. The molecule has 1 aromatic carbocycles. The van der Waals surface area contributed by atoms with Crippen LogP contribution in [-0.2, 0) is 12.3 Å². The minimum absolute atomic E-state index is 0.210. The molecule has 0 spiro atoms. The van der Waals surface area contributed by atoms with Crippen molar-refractivity contribution >= 4 is 0 Å². The Bertz CT molecular complexity index is 574. The lowest BCUT2D eigenvalue weighted by atomic mass is 10.0. The van der Waals surface area contributed by atoms with Crippen molar-refractivity contribution in [3.63, 3.8) is 0 Å². The zero-order valence-electron chi connectivity index (χ0n) is 11.8. The van der Waals surface area contributed by atoms with E-state index in [4.69, 9.17) is 4.42 Å². The van der Waals surface area contributed by atoms with E-state index in [1.807, 2.05) is 30.3 Å². The maximum atomic E-state index is 14.0. The van der Waals surface area contributed by atoms with Gasteiger partial charge in [0.2, 0.25) is 0 Å². The van der Waals surface area contributed by atoms with Crippen molar-refractivity contribution in [1.29, 1.82) is 0 Å². The first-order valence-electron chi connectivity index (χ1n) is 6.83. The molecule has 1 aromatic heterocycles. The van der Waals surface area contributed by atoms with Crippen molar-refractivity contribution in [1.82, 2.24) is 0 Å². The Kier molecular flexibility index (Phi) is 4.91. The van der Waals surface area contributed by atoms with Gasteiger partial charge in [-0.25, -0.2) is 0 Å². The van der Waals surface area contributed by atoms with Crippen molar-refractivity contribution in [2.45, 2.75) is 31.8 Å². The Labute approximate surface area is 122 Å². The minimum atomic E-state index is -3.20. The van der Waals surface area contributed by atoms with Gasteiger partial charge in [0.05, 0.1) is 12.4 Å². The van der Waals surface area contributed by atoms with E-state index in [-0.39, 0.29) is 5.57 Å². The lowest BCUT2D eigenvalue weighted by Gasteiger charge is -2.16. The van der Waals surface area contributed by atoms with Crippen molar-refractivity contribution < 1.29 is 18.3 Å². The number of benzene rings is 1. The van der Waals surface area contributed by atoms with Crippen LogP contribution in [0.25, 0.3) is 0 Å². The number of halogens is 2. The van der Waals surface area contributed by atoms with Crippen LogP contribution in [0.1, 0.15) is 24.7 Å². The third-order valence-corrected chi connectivity index (χ3v) is 3.34. The van der Waals surface area contributed by atoms with Crippen LogP contribution in [0.2, 0.25) is 0 Å². The molecule has 2 aromatic rings. The summed E-state index contributed by atoms with van der Waals surface area (Å²) in [5.74, 6) is -3.61. The number of rotatable bonds is 6. The van der Waals surface area contributed by atoms with Gasteiger partial charge in [-0.1, -0.05) is 36.4 Å². The van der Waals surface area contributed by atoms with Gasteiger partial charge in [0.25, 0.3) is 0 Å². The Balaban J connectivity index is 1.98. The molecule has 0 fully saturated rings. The molecule has 112 valence electrons. The smallest absolute Gasteiger partial charge is 0.325 e. The molecule has 2 rings (SSSR count). The lowest BCUT2D eigenvalue weighted by molar-refractivity contribution is 0.0127. The quantitative estimate of drug-likeness (QED) is 0.805. The zero-order valence-corrected chi connectivity index (χ0v) is 11.8. The maximum absolute atomic E-state index is 14.0. The Morgan fingerprint density at radius 1 is 1.24 bits per heavy atom. The number of aliphatic hydroxyl groups excluding tert-OH is 1. The number of aryl methyl sites for hydroxylation is 1. The van der Waals surface area contributed by atoms with Gasteiger partial charge in [-0.3, -0.25) is 0 Å². The van der Waals surface area contributed by atoms with Crippen LogP contribution in [0.3, 0.4) is 0 Å². The largest absolute Gasteiger partial charge is 0.463 e. The third kappa shape index (κ3) is 4.02. The molecule has 0 amide bonds. The summed E-state index contributed by atoms with van der Waals surface area (Å²) in [5.41, 5.74) is 0.860. The Morgan fingerprint density at radius 3 is 2.57 bits per heavy atom. The number of aliphatic hydroxyl groups is 1. The maximum Gasteiger partial charge on any atom is 0.325 e. The van der Waals surface area contributed by atoms with Gasteiger partial charge in [0.1, 0.15) is 0 Å². The summed E-state index contributed by atoms with van der Waals surface area (Å²) in [6, 6.07) is 12.3. The number of hydrogen-bond acceptors (Lipinski definition) is 2. The summed E-state index contributed by atoms with van der Waals surface area (Å²) in [6.07, 6.45) is 2.53. The molecule has 0 aliphatic rings. The van der Waals surface area contributed by atoms with Gasteiger partial charge in [0, 0.05) is 5.57 Å². The molecule has 2 nitrogen and oxygen atoms in total. The van der Waals surface area contributed by atoms with E-state index in [1.165, 1.54) is 31.4 Å². The molecule has 0 bridgehead atoms. The summed E-state index contributed by atoms with van der Waals surface area (Å²) in [6.45, 7) is 1.30. The fraction of sp³-hybridized carbons (Fsp3) is 0.294. The van der Waals surface area contributed by atoms with Crippen molar-refractivity contribution in [2.75, 3.05) is 0 Å². The van der Waals surface area contributed by atoms with Gasteiger partial charge in [0.15, 0.2) is 5.76 Å². The highest BCUT2D eigenvalue weighted by atomic mass is 19.3. The molecule has 4 heteroatoms. The second-order valence-corrected chi connectivity index (χ2v) is 4.99. The molecule has 1 heterocycles. The average Bonchev–Trinajstić information content (AvgIpc) is 3.01. The molecule has 0 saturated heterocycles. The normalized spacial score (nSPS) is 14.2. The summed E-state index contributed by atoms with van der Waals surface area (Å²) in [7, 11) is 0. The molecule has 0 radical (unpaired) electrons. The molecular weight excluding hydrogens is 274 g/mol. The van der Waals surface area contributed by atoms with Gasteiger partial charge in [-0.2, -0.15) is 8.78 Å². The highest BCUT2D eigenvalue weighted by Crippen LogP contribution is 2.35. The first kappa shape index (κ1) is 15.4. The van der Waals surface area contributed by atoms with Crippen LogP contribution in [0.15, 0.2) is 64.8 Å². The van der Waals surface area contributed by atoms with Gasteiger partial charge in [-0.15, -0.1) is 0 Å². The minimum Gasteiger partial charge on any atom is -0.463 e. The standard InChI is InChI=1S/C17H18F2O2/c1-13(17(18,19)16-8-5-11-21-16)12-15(20)10-9-14-6-3-2-4-7-14/h2-8,11-12,15,20H,9-10H2,1H3/b13-12+. The number of allylic oxidation sites excluding steroid dienone is 1. The van der Waals surface area contributed by atoms with E-state index in [0.717, 1.165) is 5.56 Å². The molecular formula is C17H18F2O2. The van der Waals surface area contributed by atoms with E-state index in [1.54, 1.807) is 0 Å². The first-order valence-corrected chi connectivity index (χ1v) is 6.83. The van der Waals surface area contributed by atoms with Crippen LogP contribution in [0.5, 0.6) is 0 Å². The lowest BCUT2D eigenvalue weighted by Crippen LogP contribution is -2.16. The van der Waals surface area contributed by atoms with Crippen LogP contribution < -0.4 is 0 Å². The monoisotopic (exact) mass is 292 g/mol. The molecule has 21 heavy (non-hydrogen) atoms. The van der Waals surface area contributed by atoms with Crippen molar-refractivity contribution in [3.8, 4) is 0 Å². The molecule has 0 saturated carbocycles. The van der Waals surface area contributed by atoms with Gasteiger partial charge >= 0.3 is 5.92 Å². The number of furan rings is 1. The van der Waals surface area contributed by atoms with Crippen LogP contribution >= 0.6 is 0 Å². The highest BCUT2D eigenvalue weighted by molar-refractivity contribution is 5.22. The number of alkyl halides is 2. The van der Waals surface area contributed by atoms with Gasteiger partial charge in [-0.05, 0) is 37.5 Å². The average molecular weight is 292 g/mol. The highest BCUT2D eigenvalue weighted by Gasteiger charge is 2.37. The van der Waals surface area contributed by atoms with Gasteiger partial charge < -0.3 is 9.52 Å². The SMILES string of the molecule is C/C(=C\C(O)CCc1ccccc1)C(F)(F)c1ccco1. The van der Waals surface area contributed by atoms with Crippen molar-refractivity contribution in [3.05, 3.63) is 71.7 Å². The van der Waals surface area contributed by atoms with E-state index in [9.17, 15) is 13.9 Å². The summed E-state index contributed by atoms with van der Waals surface area (Å²) in [4.78, 5) is 0. The predicted molar refractivity (Wildman–Crippen MR) is 77.1 cm³/mol. The molecule has 1 N–H and O–H groups in total. The molecule has 1 atom stereocenters. The van der Waals surface area contributed by atoms with E-state index < -0.39 is 17.8 Å². The van der Waals surface area contributed by atoms with Crippen LogP contribution in [0.4, 0.5) is 8.78 Å². The molecule has 1 unspecified atom stereocenters. The molecule has 0 aliphatic carbocycles. The summed E-state index contributed by atoms with van der Waals surface area (Å²) < 4.78 is 32.8. The summed E-state index contributed by atoms with van der Waals surface area (Å²) in [5, 5.41) is 9.90. The summed E-state index contributed by atoms with van der Waals surface area (Å²) >= 11 is 0. The number of hydrogen-bond donors (Lipinski definition) is 1. The van der Waals surface area contributed by atoms with E-state index in [2.05, 4.69) is 0 Å². The predicted octanol–water partition coefficient (Wildman–Crippen LogP) is 4.31.